The van der Waals surface area contributed by atoms with Gasteiger partial charge in [-0.05, 0) is 84.2 Å². The van der Waals surface area contributed by atoms with E-state index in [1.54, 1.807) is 7.11 Å². The molecule has 0 saturated carbocycles. The predicted octanol–water partition coefficient (Wildman–Crippen LogP) is 7.45. The molecule has 0 atom stereocenters. The molecule has 3 rings (SSSR count). The van der Waals surface area contributed by atoms with Crippen LogP contribution in [0.4, 0.5) is 4.79 Å². The van der Waals surface area contributed by atoms with Crippen molar-refractivity contribution in [2.45, 2.75) is 101 Å². The van der Waals surface area contributed by atoms with Crippen LogP contribution in [0.5, 0.6) is 5.75 Å². The number of hydrogen-bond donors (Lipinski definition) is 0. The van der Waals surface area contributed by atoms with Gasteiger partial charge in [0.15, 0.2) is 0 Å². The van der Waals surface area contributed by atoms with E-state index < -0.39 is 0 Å². The van der Waals surface area contributed by atoms with Crippen molar-refractivity contribution in [3.63, 3.8) is 0 Å². The van der Waals surface area contributed by atoms with Gasteiger partial charge in [-0.25, -0.2) is 4.79 Å². The van der Waals surface area contributed by atoms with Crippen LogP contribution in [-0.4, -0.2) is 60.8 Å². The van der Waals surface area contributed by atoms with Gasteiger partial charge in [-0.15, -0.1) is 0 Å². The minimum Gasteiger partial charge on any atom is -0.497 e. The summed E-state index contributed by atoms with van der Waals surface area (Å²) in [5.41, 5.74) is 1.31. The van der Waals surface area contributed by atoms with Gasteiger partial charge in [0.2, 0.25) is 0 Å². The fourth-order valence-electron chi connectivity index (χ4n) is 4.05. The normalized spacial score (nSPS) is 16.5. The molecule has 2 aliphatic rings. The van der Waals surface area contributed by atoms with Gasteiger partial charge in [-0.1, -0.05) is 48.3 Å². The van der Waals surface area contributed by atoms with Gasteiger partial charge >= 0.3 is 6.09 Å². The summed E-state index contributed by atoms with van der Waals surface area (Å²) < 4.78 is 10.5. The number of carbonyl (C=O) groups excluding carboxylic acids is 1. The molecule has 1 aromatic carbocycles. The Morgan fingerprint density at radius 2 is 1.53 bits per heavy atom. The second kappa shape index (κ2) is 16.2. The minimum atomic E-state index is -0.388. The second-order valence-corrected chi connectivity index (χ2v) is 10.4. The molecule has 2 aliphatic heterocycles. The number of likely N-dealkylation sites (tertiary alicyclic amines) is 2. The van der Waals surface area contributed by atoms with Crippen molar-refractivity contribution in [3.8, 4) is 5.75 Å². The number of ether oxygens (including phenoxy) is 2. The van der Waals surface area contributed by atoms with Crippen LogP contribution in [-0.2, 0) is 37.4 Å². The van der Waals surface area contributed by atoms with Crippen LogP contribution in [0.2, 0.25) is 0 Å². The third-order valence-electron chi connectivity index (χ3n) is 6.05. The van der Waals surface area contributed by atoms with E-state index in [1.807, 2.05) is 37.8 Å². The van der Waals surface area contributed by atoms with E-state index in [4.69, 9.17) is 9.47 Å². The molecule has 0 aromatic heterocycles. The van der Waals surface area contributed by atoms with E-state index in [9.17, 15) is 4.79 Å². The number of benzene rings is 1. The Bertz CT molecular complexity index is 685. The maximum Gasteiger partial charge on any atom is 0.410 e. The summed E-state index contributed by atoms with van der Waals surface area (Å²) in [4.78, 5) is 16.3. The van der Waals surface area contributed by atoms with Crippen molar-refractivity contribution in [2.75, 3.05) is 33.3 Å². The summed E-state index contributed by atoms with van der Waals surface area (Å²) in [7, 11) is 1.69. The molecule has 1 radical (unpaired) electrons. The molecule has 2 saturated heterocycles. The Balaban J connectivity index is -0.000000562. The van der Waals surface area contributed by atoms with Crippen LogP contribution in [0.3, 0.4) is 0 Å². The van der Waals surface area contributed by atoms with Crippen molar-refractivity contribution in [1.29, 1.82) is 0 Å². The Kier molecular flexibility index (Phi) is 18.0. The Labute approximate surface area is 237 Å². The number of methoxy groups -OCH3 is 1. The van der Waals surface area contributed by atoms with Crippen molar-refractivity contribution < 1.29 is 47.0 Å². The van der Waals surface area contributed by atoms with Crippen LogP contribution in [0.25, 0.3) is 0 Å². The average molecular weight is 556 g/mol. The van der Waals surface area contributed by atoms with Gasteiger partial charge in [0.25, 0.3) is 0 Å². The van der Waals surface area contributed by atoms with Gasteiger partial charge in [-0.2, -0.15) is 0 Å². The first-order valence-electron chi connectivity index (χ1n) is 11.3. The van der Waals surface area contributed by atoms with Gasteiger partial charge in [0.1, 0.15) is 11.4 Å². The number of piperidine rings is 1. The first kappa shape index (κ1) is 37.9. The predicted molar refractivity (Wildman–Crippen MR) is 143 cm³/mol. The fourth-order valence-corrected chi connectivity index (χ4v) is 4.05. The zero-order valence-electron chi connectivity index (χ0n) is 20.9. The van der Waals surface area contributed by atoms with E-state index >= 15 is 0 Å². The van der Waals surface area contributed by atoms with E-state index in [-0.39, 0.29) is 66.7 Å². The maximum atomic E-state index is 11.9. The molecule has 1 amide bonds. The second-order valence-electron chi connectivity index (χ2n) is 10.4. The molecule has 6 heteroatoms. The van der Waals surface area contributed by atoms with E-state index in [1.165, 1.54) is 31.5 Å². The van der Waals surface area contributed by atoms with Gasteiger partial charge in [-0.3, -0.25) is 0 Å². The van der Waals surface area contributed by atoms with Gasteiger partial charge in [0.05, 0.1) is 7.11 Å². The van der Waals surface area contributed by atoms with Crippen LogP contribution in [0, 0.1) is 5.41 Å². The first-order valence-corrected chi connectivity index (χ1v) is 11.3. The molecule has 2 fully saturated rings. The summed E-state index contributed by atoms with van der Waals surface area (Å²) in [6.45, 7) is 18.7. The molecular formula is C28H54N2O3Y. The largest absolute Gasteiger partial charge is 0.497 e. The van der Waals surface area contributed by atoms with Crippen molar-refractivity contribution >= 4 is 6.09 Å². The topological polar surface area (TPSA) is 42.0 Å². The Morgan fingerprint density at radius 3 is 1.94 bits per heavy atom. The monoisotopic (exact) mass is 555 g/mol. The molecule has 0 unspecified atom stereocenters. The van der Waals surface area contributed by atoms with E-state index in [2.05, 4.69) is 44.7 Å². The molecule has 2 heterocycles. The summed E-state index contributed by atoms with van der Waals surface area (Å²) in [5, 5.41) is 0. The molecule has 1 aromatic rings. The molecule has 197 valence electrons. The third-order valence-corrected chi connectivity index (χ3v) is 6.05. The maximum absolute atomic E-state index is 11.9. The molecule has 5 nitrogen and oxygen atoms in total. The van der Waals surface area contributed by atoms with Gasteiger partial charge < -0.3 is 19.3 Å². The summed E-state index contributed by atoms with van der Waals surface area (Å²) in [6.07, 6.45) is 2.28. The smallest absolute Gasteiger partial charge is 0.410 e. The zero-order valence-corrected chi connectivity index (χ0v) is 23.7. The number of hydrogen-bond acceptors (Lipinski definition) is 4. The number of amides is 1. The van der Waals surface area contributed by atoms with E-state index in [0.29, 0.717) is 17.4 Å². The SMILES string of the molecule is C.C.C.CC(C)N1CCC2(CC1)CN(C(=O)OC(C)(C)C)C2.COc1cccc(C(C)C)c1.[Y]. The minimum absolute atomic E-state index is 0. The zero-order chi connectivity index (χ0) is 22.5. The molecule has 0 N–H and O–H groups in total. The fraction of sp³-hybridized carbons (Fsp3) is 0.750. The van der Waals surface area contributed by atoms with Crippen LogP contribution < -0.4 is 4.74 Å². The first-order chi connectivity index (χ1) is 13.9. The molecule has 34 heavy (non-hydrogen) atoms. The molecule has 0 bridgehead atoms. The summed E-state index contributed by atoms with van der Waals surface area (Å²) >= 11 is 0. The average Bonchev–Trinajstić information content (AvgIpc) is 2.65. The Morgan fingerprint density at radius 1 is 1.00 bits per heavy atom. The number of carbonyl (C=O) groups is 1. The summed E-state index contributed by atoms with van der Waals surface area (Å²) in [5.74, 6) is 1.52. The van der Waals surface area contributed by atoms with Crippen molar-refractivity contribution in [2.24, 2.45) is 5.41 Å². The molecule has 1 spiro atoms. The van der Waals surface area contributed by atoms with Crippen LogP contribution in [0.1, 0.15) is 95.1 Å². The number of nitrogens with zero attached hydrogens (tertiary/aromatic N) is 2. The molecule has 0 aliphatic carbocycles. The van der Waals surface area contributed by atoms with Crippen molar-refractivity contribution in [1.82, 2.24) is 9.80 Å². The number of rotatable bonds is 3. The standard InChI is InChI=1S/C15H28N2O2.C10H14O.3CH4.Y/c1-12(2)16-8-6-15(7-9-16)10-17(11-15)13(18)19-14(3,4)5;1-8(2)9-5-4-6-10(7-9)11-3;;;;/h12H,6-11H2,1-5H3;4-8H,1-3H3;3*1H4;. The molecular weight excluding hydrogens is 501 g/mol. The Hall–Kier alpha value is -0.646. The van der Waals surface area contributed by atoms with Crippen molar-refractivity contribution in [3.05, 3.63) is 29.8 Å². The quantitative estimate of drug-likeness (QED) is 0.389. The van der Waals surface area contributed by atoms with Crippen LogP contribution in [0.15, 0.2) is 24.3 Å². The van der Waals surface area contributed by atoms with Gasteiger partial charge in [0, 0.05) is 57.3 Å². The third kappa shape index (κ3) is 11.4. The van der Waals surface area contributed by atoms with Crippen LogP contribution >= 0.6 is 0 Å². The van der Waals surface area contributed by atoms with E-state index in [0.717, 1.165) is 18.8 Å². The summed E-state index contributed by atoms with van der Waals surface area (Å²) in [6, 6.07) is 8.82.